The van der Waals surface area contributed by atoms with Gasteiger partial charge in [-0.1, -0.05) is 23.7 Å². The minimum atomic E-state index is -4.39. The lowest BCUT2D eigenvalue weighted by Crippen LogP contribution is -2.26. The van der Waals surface area contributed by atoms with Crippen LogP contribution in [0.1, 0.15) is 43.1 Å². The third-order valence-corrected chi connectivity index (χ3v) is 3.95. The van der Waals surface area contributed by atoms with Gasteiger partial charge < -0.3 is 10.3 Å². The van der Waals surface area contributed by atoms with Gasteiger partial charge in [-0.3, -0.25) is 0 Å². The van der Waals surface area contributed by atoms with Crippen molar-refractivity contribution in [2.45, 2.75) is 43.8 Å². The molecule has 0 saturated heterocycles. The highest BCUT2D eigenvalue weighted by Gasteiger charge is 2.31. The average molecular weight is 348 g/mol. The van der Waals surface area contributed by atoms with Gasteiger partial charge in [-0.15, -0.1) is 12.4 Å². The lowest BCUT2D eigenvalue weighted by Gasteiger charge is -2.23. The summed E-state index contributed by atoms with van der Waals surface area (Å²) in [5.74, 6) is 0.735. The van der Waals surface area contributed by atoms with Crippen molar-refractivity contribution in [2.75, 3.05) is 0 Å². The molecule has 2 atom stereocenters. The van der Waals surface area contributed by atoms with Crippen LogP contribution in [0.2, 0.25) is 0 Å². The molecule has 0 amide bonds. The first-order valence-corrected chi connectivity index (χ1v) is 7.20. The van der Waals surface area contributed by atoms with E-state index in [9.17, 15) is 13.2 Å². The molecule has 1 aromatic carbocycles. The summed E-state index contributed by atoms with van der Waals surface area (Å²) in [6, 6.07) is 5.04. The van der Waals surface area contributed by atoms with E-state index in [2.05, 4.69) is 10.1 Å². The van der Waals surface area contributed by atoms with Crippen molar-refractivity contribution in [1.29, 1.82) is 0 Å². The molecule has 1 fully saturated rings. The maximum Gasteiger partial charge on any atom is 0.416 e. The minimum Gasteiger partial charge on any atom is -0.339 e. The quantitative estimate of drug-likeness (QED) is 0.885. The van der Waals surface area contributed by atoms with Gasteiger partial charge in [0.1, 0.15) is 0 Å². The van der Waals surface area contributed by atoms with E-state index in [4.69, 9.17) is 10.3 Å². The second-order valence-electron chi connectivity index (χ2n) is 5.66. The van der Waals surface area contributed by atoms with Crippen LogP contribution in [0.25, 0.3) is 11.4 Å². The summed E-state index contributed by atoms with van der Waals surface area (Å²) in [7, 11) is 0. The molecule has 1 aliphatic carbocycles. The molecule has 1 aliphatic rings. The van der Waals surface area contributed by atoms with Crippen LogP contribution in [0.4, 0.5) is 13.2 Å². The standard InChI is InChI=1S/C15H16F3N3O.ClH/c16-15(17,18)11-5-1-3-9(7-11)13-20-14(22-21-13)10-4-2-6-12(19)8-10;/h1,3,5,7,10,12H,2,4,6,8,19H2;1H. The number of alkyl halides is 3. The Morgan fingerprint density at radius 3 is 2.70 bits per heavy atom. The second-order valence-corrected chi connectivity index (χ2v) is 5.66. The highest BCUT2D eigenvalue weighted by Crippen LogP contribution is 2.34. The second kappa shape index (κ2) is 6.88. The number of nitrogens with zero attached hydrogens (tertiary/aromatic N) is 2. The minimum absolute atomic E-state index is 0. The van der Waals surface area contributed by atoms with Gasteiger partial charge in [-0.2, -0.15) is 18.2 Å². The molecule has 4 nitrogen and oxygen atoms in total. The summed E-state index contributed by atoms with van der Waals surface area (Å²) in [5, 5.41) is 3.82. The number of hydrogen-bond acceptors (Lipinski definition) is 4. The van der Waals surface area contributed by atoms with Crippen molar-refractivity contribution >= 4 is 12.4 Å². The van der Waals surface area contributed by atoms with E-state index in [1.165, 1.54) is 12.1 Å². The van der Waals surface area contributed by atoms with Gasteiger partial charge in [0.25, 0.3) is 0 Å². The molecule has 0 spiro atoms. The Labute approximate surface area is 137 Å². The molecule has 1 saturated carbocycles. The van der Waals surface area contributed by atoms with Crippen LogP contribution < -0.4 is 5.73 Å². The molecule has 3 rings (SSSR count). The van der Waals surface area contributed by atoms with Crippen LogP contribution in [-0.2, 0) is 6.18 Å². The zero-order chi connectivity index (χ0) is 15.7. The number of benzene rings is 1. The van der Waals surface area contributed by atoms with E-state index >= 15 is 0 Å². The van der Waals surface area contributed by atoms with Gasteiger partial charge in [0.05, 0.1) is 5.56 Å². The fourth-order valence-electron chi connectivity index (χ4n) is 2.80. The Morgan fingerprint density at radius 1 is 1.22 bits per heavy atom. The lowest BCUT2D eigenvalue weighted by molar-refractivity contribution is -0.137. The molecule has 1 aromatic heterocycles. The fraction of sp³-hybridized carbons (Fsp3) is 0.467. The van der Waals surface area contributed by atoms with Gasteiger partial charge >= 0.3 is 6.18 Å². The molecule has 23 heavy (non-hydrogen) atoms. The van der Waals surface area contributed by atoms with Gasteiger partial charge in [-0.25, -0.2) is 0 Å². The van der Waals surface area contributed by atoms with E-state index in [1.807, 2.05) is 0 Å². The van der Waals surface area contributed by atoms with Crippen molar-refractivity contribution in [3.8, 4) is 11.4 Å². The van der Waals surface area contributed by atoms with Gasteiger partial charge in [-0.05, 0) is 31.4 Å². The molecule has 1 heterocycles. The molecule has 2 aromatic rings. The van der Waals surface area contributed by atoms with Crippen LogP contribution in [0.5, 0.6) is 0 Å². The Hall–Kier alpha value is -1.60. The summed E-state index contributed by atoms with van der Waals surface area (Å²) in [6.07, 6.45) is -0.737. The third kappa shape index (κ3) is 4.03. The summed E-state index contributed by atoms with van der Waals surface area (Å²) < 4.78 is 43.5. The first-order chi connectivity index (χ1) is 10.4. The van der Waals surface area contributed by atoms with Crippen molar-refractivity contribution in [3.05, 3.63) is 35.7 Å². The van der Waals surface area contributed by atoms with Gasteiger partial charge in [0, 0.05) is 17.5 Å². The van der Waals surface area contributed by atoms with E-state index in [1.54, 1.807) is 0 Å². The molecule has 0 aliphatic heterocycles. The van der Waals surface area contributed by atoms with E-state index < -0.39 is 11.7 Å². The summed E-state index contributed by atoms with van der Waals surface area (Å²) in [5.41, 5.74) is 5.50. The third-order valence-electron chi connectivity index (χ3n) is 3.95. The molecule has 126 valence electrons. The van der Waals surface area contributed by atoms with Crippen LogP contribution in [0, 0.1) is 0 Å². The number of halogens is 4. The molecule has 0 radical (unpaired) electrons. The van der Waals surface area contributed by atoms with Gasteiger partial charge in [0.2, 0.25) is 11.7 Å². The Balaban J connectivity index is 0.00000192. The van der Waals surface area contributed by atoms with E-state index in [0.717, 1.165) is 37.8 Å². The molecular formula is C15H17ClF3N3O. The summed E-state index contributed by atoms with van der Waals surface area (Å²) >= 11 is 0. The van der Waals surface area contributed by atoms with Crippen molar-refractivity contribution in [3.63, 3.8) is 0 Å². The largest absolute Gasteiger partial charge is 0.416 e. The lowest BCUT2D eigenvalue weighted by atomic mass is 9.86. The normalized spacial score (nSPS) is 21.7. The predicted molar refractivity (Wildman–Crippen MR) is 81.2 cm³/mol. The fourth-order valence-corrected chi connectivity index (χ4v) is 2.80. The van der Waals surface area contributed by atoms with Crippen molar-refractivity contribution in [1.82, 2.24) is 10.1 Å². The van der Waals surface area contributed by atoms with Crippen LogP contribution in [0.3, 0.4) is 0 Å². The first kappa shape index (κ1) is 17.7. The number of hydrogen-bond donors (Lipinski definition) is 1. The predicted octanol–water partition coefficient (Wildman–Crippen LogP) is 4.16. The molecule has 2 N–H and O–H groups in total. The Morgan fingerprint density at radius 2 is 2.00 bits per heavy atom. The monoisotopic (exact) mass is 347 g/mol. The average Bonchev–Trinajstić information content (AvgIpc) is 2.96. The SMILES string of the molecule is Cl.NC1CCCC(c2nc(-c3cccc(C(F)(F)F)c3)no2)C1. The van der Waals surface area contributed by atoms with Crippen molar-refractivity contribution < 1.29 is 17.7 Å². The van der Waals surface area contributed by atoms with Crippen LogP contribution in [-0.4, -0.2) is 16.2 Å². The molecular weight excluding hydrogens is 331 g/mol. The van der Waals surface area contributed by atoms with Crippen LogP contribution in [0.15, 0.2) is 28.8 Å². The van der Waals surface area contributed by atoms with Crippen molar-refractivity contribution in [2.24, 2.45) is 5.73 Å². The van der Waals surface area contributed by atoms with Gasteiger partial charge in [0.15, 0.2) is 0 Å². The number of aromatic nitrogens is 2. The summed E-state index contributed by atoms with van der Waals surface area (Å²) in [4.78, 5) is 4.26. The van der Waals surface area contributed by atoms with Crippen LogP contribution >= 0.6 is 12.4 Å². The summed E-state index contributed by atoms with van der Waals surface area (Å²) in [6.45, 7) is 0. The molecule has 0 bridgehead atoms. The van der Waals surface area contributed by atoms with E-state index in [-0.39, 0.29) is 30.2 Å². The highest BCUT2D eigenvalue weighted by atomic mass is 35.5. The number of nitrogens with two attached hydrogens (primary N) is 1. The maximum absolute atomic E-state index is 12.7. The maximum atomic E-state index is 12.7. The Kier molecular flexibility index (Phi) is 5.31. The zero-order valence-corrected chi connectivity index (χ0v) is 13.0. The number of rotatable bonds is 2. The molecule has 2 unspecified atom stereocenters. The highest BCUT2D eigenvalue weighted by molar-refractivity contribution is 5.85. The Bertz CT molecular complexity index is 659. The molecule has 8 heteroatoms. The zero-order valence-electron chi connectivity index (χ0n) is 12.2. The first-order valence-electron chi connectivity index (χ1n) is 7.20. The smallest absolute Gasteiger partial charge is 0.339 e. The van der Waals surface area contributed by atoms with E-state index in [0.29, 0.717) is 11.5 Å². The topological polar surface area (TPSA) is 64.9 Å².